The van der Waals surface area contributed by atoms with Gasteiger partial charge in [-0.1, -0.05) is 54.1 Å². The van der Waals surface area contributed by atoms with Gasteiger partial charge in [0.1, 0.15) is 12.4 Å². The summed E-state index contributed by atoms with van der Waals surface area (Å²) in [6.45, 7) is 4.71. The molecule has 0 aliphatic rings. The Balaban J connectivity index is 1.59. The maximum absolute atomic E-state index is 11.6. The summed E-state index contributed by atoms with van der Waals surface area (Å²) in [6, 6.07) is 23.8. The molecule has 0 amide bonds. The molecule has 0 N–H and O–H groups in total. The molecule has 26 heavy (non-hydrogen) atoms. The predicted molar refractivity (Wildman–Crippen MR) is 103 cm³/mol. The van der Waals surface area contributed by atoms with E-state index in [9.17, 15) is 4.79 Å². The van der Waals surface area contributed by atoms with Crippen molar-refractivity contribution in [1.82, 2.24) is 0 Å². The quantitative estimate of drug-likeness (QED) is 0.559. The van der Waals surface area contributed by atoms with E-state index in [0.29, 0.717) is 18.8 Å². The molecule has 0 aliphatic carbocycles. The molecule has 0 atom stereocenters. The van der Waals surface area contributed by atoms with Crippen LogP contribution in [-0.2, 0) is 11.3 Å². The second kappa shape index (κ2) is 8.34. The van der Waals surface area contributed by atoms with Gasteiger partial charge in [-0.3, -0.25) is 0 Å². The van der Waals surface area contributed by atoms with E-state index in [1.54, 1.807) is 19.1 Å². The van der Waals surface area contributed by atoms with Crippen molar-refractivity contribution >= 4 is 5.97 Å². The third-order valence-electron chi connectivity index (χ3n) is 4.11. The summed E-state index contributed by atoms with van der Waals surface area (Å²) in [5, 5.41) is 0. The fourth-order valence-corrected chi connectivity index (χ4v) is 2.61. The number of hydrogen-bond acceptors (Lipinski definition) is 3. The van der Waals surface area contributed by atoms with Crippen molar-refractivity contribution < 1.29 is 14.3 Å². The second-order valence-electron chi connectivity index (χ2n) is 6.10. The van der Waals surface area contributed by atoms with E-state index in [2.05, 4.69) is 43.3 Å². The van der Waals surface area contributed by atoms with Crippen LogP contribution in [0.4, 0.5) is 0 Å². The van der Waals surface area contributed by atoms with Crippen LogP contribution in [0.2, 0.25) is 0 Å². The molecule has 0 saturated carbocycles. The minimum absolute atomic E-state index is 0.299. The number of carbonyl (C=O) groups is 1. The molecule has 0 bridgehead atoms. The van der Waals surface area contributed by atoms with Gasteiger partial charge in [-0.25, -0.2) is 4.79 Å². The fraction of sp³-hybridized carbons (Fsp3) is 0.174. The van der Waals surface area contributed by atoms with E-state index < -0.39 is 0 Å². The highest BCUT2D eigenvalue weighted by Gasteiger charge is 2.06. The third-order valence-corrected chi connectivity index (χ3v) is 4.11. The van der Waals surface area contributed by atoms with Crippen LogP contribution in [0.25, 0.3) is 11.1 Å². The molecule has 0 spiro atoms. The Morgan fingerprint density at radius 3 is 1.96 bits per heavy atom. The van der Waals surface area contributed by atoms with Gasteiger partial charge >= 0.3 is 5.97 Å². The molecule has 0 saturated heterocycles. The lowest BCUT2D eigenvalue weighted by molar-refractivity contribution is 0.0526. The van der Waals surface area contributed by atoms with Crippen molar-refractivity contribution in [3.63, 3.8) is 0 Å². The molecule has 3 aromatic rings. The molecule has 0 fully saturated rings. The highest BCUT2D eigenvalue weighted by atomic mass is 16.5. The Morgan fingerprint density at radius 1 is 0.808 bits per heavy atom. The Labute approximate surface area is 154 Å². The molecule has 0 aromatic heterocycles. The first-order chi connectivity index (χ1) is 12.7. The molecule has 0 radical (unpaired) electrons. The van der Waals surface area contributed by atoms with Crippen LogP contribution >= 0.6 is 0 Å². The lowest BCUT2D eigenvalue weighted by Crippen LogP contribution is -2.04. The molecule has 3 rings (SSSR count). The smallest absolute Gasteiger partial charge is 0.338 e. The predicted octanol–water partition coefficient (Wildman–Crippen LogP) is 5.42. The summed E-state index contributed by atoms with van der Waals surface area (Å²) < 4.78 is 10.8. The number of carbonyl (C=O) groups excluding carboxylic acids is 1. The van der Waals surface area contributed by atoms with Crippen LogP contribution in [0.3, 0.4) is 0 Å². The van der Waals surface area contributed by atoms with Gasteiger partial charge in [-0.2, -0.15) is 0 Å². The molecule has 3 aromatic carbocycles. The highest BCUT2D eigenvalue weighted by Crippen LogP contribution is 2.23. The summed E-state index contributed by atoms with van der Waals surface area (Å²) in [4.78, 5) is 11.6. The number of esters is 1. The number of rotatable bonds is 6. The standard InChI is InChI=1S/C23H22O3/c1-3-25-23(24)21-10-6-18(7-11-21)16-26-22-14-12-20(13-15-22)19-8-4-17(2)5-9-19/h4-15H,3,16H2,1-2H3. The van der Waals surface area contributed by atoms with Crippen molar-refractivity contribution in [1.29, 1.82) is 0 Å². The van der Waals surface area contributed by atoms with Crippen molar-refractivity contribution in [3.8, 4) is 16.9 Å². The zero-order valence-corrected chi connectivity index (χ0v) is 15.1. The largest absolute Gasteiger partial charge is 0.489 e. The van der Waals surface area contributed by atoms with Gasteiger partial charge in [0.2, 0.25) is 0 Å². The van der Waals surface area contributed by atoms with E-state index in [4.69, 9.17) is 9.47 Å². The Morgan fingerprint density at radius 2 is 1.38 bits per heavy atom. The van der Waals surface area contributed by atoms with Gasteiger partial charge in [0, 0.05) is 0 Å². The SMILES string of the molecule is CCOC(=O)c1ccc(COc2ccc(-c3ccc(C)cc3)cc2)cc1. The van der Waals surface area contributed by atoms with E-state index in [1.165, 1.54) is 11.1 Å². The Bertz CT molecular complexity index is 847. The maximum Gasteiger partial charge on any atom is 0.338 e. The van der Waals surface area contributed by atoms with Crippen molar-refractivity contribution in [2.24, 2.45) is 0 Å². The number of aryl methyl sites for hydroxylation is 1. The minimum atomic E-state index is -0.299. The Hall–Kier alpha value is -3.07. The summed E-state index contributed by atoms with van der Waals surface area (Å²) in [7, 11) is 0. The summed E-state index contributed by atoms with van der Waals surface area (Å²) in [6.07, 6.45) is 0. The van der Waals surface area contributed by atoms with Gasteiger partial charge in [0.25, 0.3) is 0 Å². The van der Waals surface area contributed by atoms with Crippen LogP contribution in [0, 0.1) is 6.92 Å². The van der Waals surface area contributed by atoms with Crippen molar-refractivity contribution in [2.75, 3.05) is 6.61 Å². The van der Waals surface area contributed by atoms with Crippen LogP contribution in [0.1, 0.15) is 28.4 Å². The first-order valence-electron chi connectivity index (χ1n) is 8.71. The summed E-state index contributed by atoms with van der Waals surface area (Å²) in [5.74, 6) is 0.516. The summed E-state index contributed by atoms with van der Waals surface area (Å²) >= 11 is 0. The summed E-state index contributed by atoms with van der Waals surface area (Å²) in [5.41, 5.74) is 5.16. The molecule has 0 unspecified atom stereocenters. The van der Waals surface area contributed by atoms with Gasteiger partial charge < -0.3 is 9.47 Å². The van der Waals surface area contributed by atoms with Gasteiger partial charge in [-0.15, -0.1) is 0 Å². The molecule has 3 heteroatoms. The average Bonchev–Trinajstić information content (AvgIpc) is 2.68. The monoisotopic (exact) mass is 346 g/mol. The molecule has 132 valence electrons. The zero-order chi connectivity index (χ0) is 18.4. The number of benzene rings is 3. The molecule has 0 aliphatic heterocycles. The maximum atomic E-state index is 11.6. The molecular formula is C23H22O3. The lowest BCUT2D eigenvalue weighted by Gasteiger charge is -2.08. The number of ether oxygens (including phenoxy) is 2. The third kappa shape index (κ3) is 4.51. The molecule has 0 heterocycles. The van der Waals surface area contributed by atoms with E-state index in [1.807, 2.05) is 24.3 Å². The topological polar surface area (TPSA) is 35.5 Å². The van der Waals surface area contributed by atoms with Gasteiger partial charge in [0.15, 0.2) is 0 Å². The van der Waals surface area contributed by atoms with Crippen LogP contribution < -0.4 is 4.74 Å². The van der Waals surface area contributed by atoms with Crippen molar-refractivity contribution in [2.45, 2.75) is 20.5 Å². The zero-order valence-electron chi connectivity index (χ0n) is 15.1. The van der Waals surface area contributed by atoms with Crippen LogP contribution in [0.15, 0.2) is 72.8 Å². The molecular weight excluding hydrogens is 324 g/mol. The first kappa shape index (κ1) is 17.7. The first-order valence-corrected chi connectivity index (χ1v) is 8.71. The van der Waals surface area contributed by atoms with Crippen LogP contribution in [0.5, 0.6) is 5.75 Å². The highest BCUT2D eigenvalue weighted by molar-refractivity contribution is 5.89. The molecule has 3 nitrogen and oxygen atoms in total. The van der Waals surface area contributed by atoms with E-state index in [-0.39, 0.29) is 5.97 Å². The fourth-order valence-electron chi connectivity index (χ4n) is 2.61. The lowest BCUT2D eigenvalue weighted by atomic mass is 10.0. The van der Waals surface area contributed by atoms with Crippen LogP contribution in [-0.4, -0.2) is 12.6 Å². The van der Waals surface area contributed by atoms with Crippen molar-refractivity contribution in [3.05, 3.63) is 89.5 Å². The minimum Gasteiger partial charge on any atom is -0.489 e. The van der Waals surface area contributed by atoms with Gasteiger partial charge in [-0.05, 0) is 54.8 Å². The van der Waals surface area contributed by atoms with Gasteiger partial charge in [0.05, 0.1) is 12.2 Å². The second-order valence-corrected chi connectivity index (χ2v) is 6.10. The van der Waals surface area contributed by atoms with E-state index in [0.717, 1.165) is 16.9 Å². The Kier molecular flexibility index (Phi) is 5.69. The normalized spacial score (nSPS) is 10.4. The number of hydrogen-bond donors (Lipinski definition) is 0. The average molecular weight is 346 g/mol. The van der Waals surface area contributed by atoms with E-state index >= 15 is 0 Å².